The monoisotopic (exact) mass is 535 g/mol. The van der Waals surface area contributed by atoms with Gasteiger partial charge in [-0.15, -0.1) is 0 Å². The number of benzene rings is 1. The Labute approximate surface area is 231 Å². The minimum Gasteiger partial charge on any atom is -0.495 e. The lowest BCUT2D eigenvalue weighted by Gasteiger charge is -2.30. The lowest BCUT2D eigenvalue weighted by molar-refractivity contribution is -0.118. The minimum atomic E-state index is -0.0786. The number of rotatable bonds is 8. The summed E-state index contributed by atoms with van der Waals surface area (Å²) in [5.41, 5.74) is 1.95. The number of aromatic nitrogens is 2. The first kappa shape index (κ1) is 27.2. The predicted molar refractivity (Wildman–Crippen MR) is 153 cm³/mol. The predicted octanol–water partition coefficient (Wildman–Crippen LogP) is 3.95. The van der Waals surface area contributed by atoms with Gasteiger partial charge in [-0.05, 0) is 57.0 Å². The number of hydrogen-bond donors (Lipinski definition) is 2. The zero-order valence-electron chi connectivity index (χ0n) is 23.2. The smallest absolute Gasteiger partial charge is 0.251 e. The number of carbonyl (C=O) groups is 2. The van der Waals surface area contributed by atoms with Crippen LogP contribution in [-0.4, -0.2) is 79.6 Å². The zero-order chi connectivity index (χ0) is 27.2. The van der Waals surface area contributed by atoms with Crippen LogP contribution in [0.5, 0.6) is 5.75 Å². The van der Waals surface area contributed by atoms with E-state index in [1.165, 1.54) is 25.7 Å². The van der Waals surface area contributed by atoms with Crippen molar-refractivity contribution in [2.24, 2.45) is 0 Å². The third-order valence-electron chi connectivity index (χ3n) is 8.17. The molecule has 0 unspecified atom stereocenters. The topological polar surface area (TPSA) is 103 Å². The summed E-state index contributed by atoms with van der Waals surface area (Å²) in [5.74, 6) is 1.69. The molecule has 0 spiro atoms. The number of amides is 2. The number of methoxy groups -OCH3 is 1. The fourth-order valence-electron chi connectivity index (χ4n) is 5.77. The Morgan fingerprint density at radius 1 is 1.05 bits per heavy atom. The van der Waals surface area contributed by atoms with Gasteiger partial charge in [-0.2, -0.15) is 4.98 Å². The summed E-state index contributed by atoms with van der Waals surface area (Å²) in [5, 5.41) is 6.44. The van der Waals surface area contributed by atoms with E-state index in [0.29, 0.717) is 41.6 Å². The Kier molecular flexibility index (Phi) is 8.81. The van der Waals surface area contributed by atoms with Crippen LogP contribution in [-0.2, 0) is 4.79 Å². The SMILES string of the molecule is COc1cc(C(=O)NC2CCCCC2)ccc1Nc1ncc2c(n1)N(CCN1CCCCC1)CCC(=O)N2C. The van der Waals surface area contributed by atoms with Crippen molar-refractivity contribution < 1.29 is 14.3 Å². The fourth-order valence-corrected chi connectivity index (χ4v) is 5.77. The lowest BCUT2D eigenvalue weighted by atomic mass is 9.95. The van der Waals surface area contributed by atoms with E-state index in [1.807, 2.05) is 6.07 Å². The molecule has 1 aromatic heterocycles. The molecule has 5 rings (SSSR count). The molecule has 1 aliphatic carbocycles. The highest BCUT2D eigenvalue weighted by molar-refractivity contribution is 5.97. The number of fused-ring (bicyclic) bond motifs is 1. The van der Waals surface area contributed by atoms with Gasteiger partial charge < -0.3 is 30.1 Å². The number of carbonyl (C=O) groups excluding carboxylic acids is 2. The average Bonchev–Trinajstić information content (AvgIpc) is 3.08. The van der Waals surface area contributed by atoms with E-state index in [2.05, 4.69) is 25.4 Å². The van der Waals surface area contributed by atoms with Gasteiger partial charge in [-0.3, -0.25) is 9.59 Å². The van der Waals surface area contributed by atoms with E-state index in [0.717, 1.165) is 57.7 Å². The second-order valence-electron chi connectivity index (χ2n) is 10.8. The van der Waals surface area contributed by atoms with E-state index < -0.39 is 0 Å². The minimum absolute atomic E-state index is 0.0600. The standard InChI is InChI=1S/C29H41N7O3/c1-34-24-20-30-29(33-27(24)36(16-13-26(34)37)18-17-35-14-7-4-8-15-35)32-23-12-11-21(19-25(23)39-2)28(38)31-22-9-5-3-6-10-22/h11-12,19-20,22H,3-10,13-18H2,1-2H3,(H,31,38)(H,30,32,33). The second-order valence-corrected chi connectivity index (χ2v) is 10.8. The molecule has 2 amide bonds. The van der Waals surface area contributed by atoms with Crippen molar-refractivity contribution >= 4 is 35.0 Å². The third kappa shape index (κ3) is 6.61. The molecule has 10 nitrogen and oxygen atoms in total. The maximum Gasteiger partial charge on any atom is 0.251 e. The fraction of sp³-hybridized carbons (Fsp3) is 0.586. The number of nitrogens with zero attached hydrogens (tertiary/aromatic N) is 5. The molecule has 210 valence electrons. The van der Waals surface area contributed by atoms with Crippen molar-refractivity contribution in [3.8, 4) is 5.75 Å². The maximum absolute atomic E-state index is 12.9. The second kappa shape index (κ2) is 12.6. The first-order chi connectivity index (χ1) is 19.0. The van der Waals surface area contributed by atoms with Crippen LogP contribution in [0.4, 0.5) is 23.1 Å². The summed E-state index contributed by atoms with van der Waals surface area (Å²) in [6.07, 6.45) is 11.6. The molecule has 1 saturated heterocycles. The molecule has 3 aliphatic rings. The van der Waals surface area contributed by atoms with Crippen LogP contribution >= 0.6 is 0 Å². The Hall–Kier alpha value is -3.40. The Balaban J connectivity index is 1.33. The average molecular weight is 536 g/mol. The van der Waals surface area contributed by atoms with E-state index >= 15 is 0 Å². The third-order valence-corrected chi connectivity index (χ3v) is 8.17. The summed E-state index contributed by atoms with van der Waals surface area (Å²) in [4.78, 5) is 41.3. The molecule has 0 bridgehead atoms. The van der Waals surface area contributed by atoms with Crippen molar-refractivity contribution in [3.63, 3.8) is 0 Å². The highest BCUT2D eigenvalue weighted by atomic mass is 16.5. The Morgan fingerprint density at radius 2 is 1.82 bits per heavy atom. The van der Waals surface area contributed by atoms with Crippen LogP contribution in [0.1, 0.15) is 68.1 Å². The van der Waals surface area contributed by atoms with Crippen molar-refractivity contribution in [2.45, 2.75) is 63.8 Å². The van der Waals surface area contributed by atoms with Crippen molar-refractivity contribution in [1.82, 2.24) is 20.2 Å². The van der Waals surface area contributed by atoms with Crippen LogP contribution in [0.15, 0.2) is 24.4 Å². The Morgan fingerprint density at radius 3 is 2.59 bits per heavy atom. The summed E-state index contributed by atoms with van der Waals surface area (Å²) >= 11 is 0. The van der Waals surface area contributed by atoms with E-state index in [9.17, 15) is 9.59 Å². The number of likely N-dealkylation sites (tertiary alicyclic amines) is 1. The van der Waals surface area contributed by atoms with Crippen LogP contribution in [0.2, 0.25) is 0 Å². The molecule has 39 heavy (non-hydrogen) atoms. The first-order valence-electron chi connectivity index (χ1n) is 14.4. The van der Waals surface area contributed by atoms with Gasteiger partial charge in [0, 0.05) is 44.7 Å². The van der Waals surface area contributed by atoms with Crippen LogP contribution < -0.4 is 25.2 Å². The zero-order valence-corrected chi connectivity index (χ0v) is 23.2. The van der Waals surface area contributed by atoms with Crippen molar-refractivity contribution in [1.29, 1.82) is 0 Å². The van der Waals surface area contributed by atoms with E-state index in [1.54, 1.807) is 37.4 Å². The van der Waals surface area contributed by atoms with Gasteiger partial charge in [0.2, 0.25) is 11.9 Å². The van der Waals surface area contributed by atoms with Gasteiger partial charge >= 0.3 is 0 Å². The number of ether oxygens (including phenoxy) is 1. The maximum atomic E-state index is 12.9. The number of anilines is 4. The molecule has 2 aliphatic heterocycles. The van der Waals surface area contributed by atoms with Crippen LogP contribution in [0.3, 0.4) is 0 Å². The summed E-state index contributed by atoms with van der Waals surface area (Å²) < 4.78 is 5.62. The molecule has 0 atom stereocenters. The van der Waals surface area contributed by atoms with Crippen LogP contribution in [0.25, 0.3) is 0 Å². The van der Waals surface area contributed by atoms with Gasteiger partial charge in [0.05, 0.1) is 19.0 Å². The van der Waals surface area contributed by atoms with Gasteiger partial charge in [-0.1, -0.05) is 25.7 Å². The quantitative estimate of drug-likeness (QED) is 0.524. The van der Waals surface area contributed by atoms with E-state index in [4.69, 9.17) is 9.72 Å². The van der Waals surface area contributed by atoms with E-state index in [-0.39, 0.29) is 17.9 Å². The lowest BCUT2D eigenvalue weighted by Crippen LogP contribution is -2.38. The van der Waals surface area contributed by atoms with Gasteiger partial charge in [0.15, 0.2) is 5.82 Å². The molecule has 2 fully saturated rings. The number of nitrogens with one attached hydrogen (secondary N) is 2. The molecule has 3 heterocycles. The van der Waals surface area contributed by atoms with Crippen LogP contribution in [0, 0.1) is 0 Å². The highest BCUT2D eigenvalue weighted by Gasteiger charge is 2.27. The van der Waals surface area contributed by atoms with Gasteiger partial charge in [-0.25, -0.2) is 4.98 Å². The Bertz CT molecular complexity index is 1160. The first-order valence-corrected chi connectivity index (χ1v) is 14.4. The highest BCUT2D eigenvalue weighted by Crippen LogP contribution is 2.33. The molecule has 1 saturated carbocycles. The molecule has 2 N–H and O–H groups in total. The molecule has 0 radical (unpaired) electrons. The molecule has 2 aromatic rings. The molecular formula is C29H41N7O3. The van der Waals surface area contributed by atoms with Gasteiger partial charge in [0.1, 0.15) is 11.4 Å². The molecule has 1 aromatic carbocycles. The molecular weight excluding hydrogens is 494 g/mol. The molecule has 10 heteroatoms. The number of piperidine rings is 1. The van der Waals surface area contributed by atoms with Crippen molar-refractivity contribution in [2.75, 3.05) is 62.0 Å². The van der Waals surface area contributed by atoms with Gasteiger partial charge in [0.25, 0.3) is 5.91 Å². The number of hydrogen-bond acceptors (Lipinski definition) is 8. The largest absolute Gasteiger partial charge is 0.495 e. The normalized spacial score (nSPS) is 18.9. The summed E-state index contributed by atoms with van der Waals surface area (Å²) in [7, 11) is 3.37. The summed E-state index contributed by atoms with van der Waals surface area (Å²) in [6.45, 7) is 4.63. The van der Waals surface area contributed by atoms with Crippen molar-refractivity contribution in [3.05, 3.63) is 30.0 Å². The summed E-state index contributed by atoms with van der Waals surface area (Å²) in [6, 6.07) is 5.62.